The van der Waals surface area contributed by atoms with Crippen LogP contribution in [0.15, 0.2) is 24.3 Å². The fourth-order valence-corrected chi connectivity index (χ4v) is 2.58. The van der Waals surface area contributed by atoms with Gasteiger partial charge in [-0.05, 0) is 37.8 Å². The lowest BCUT2D eigenvalue weighted by molar-refractivity contribution is 0.105. The monoisotopic (exact) mass is 248 g/mol. The summed E-state index contributed by atoms with van der Waals surface area (Å²) in [6.07, 6.45) is 2.66. The molecule has 0 amide bonds. The molecule has 100 valence electrons. The minimum absolute atomic E-state index is 0.686. The van der Waals surface area contributed by atoms with Crippen LogP contribution in [0, 0.1) is 5.92 Å². The molecule has 18 heavy (non-hydrogen) atoms. The van der Waals surface area contributed by atoms with Crippen LogP contribution in [0.5, 0.6) is 5.75 Å². The molecule has 0 radical (unpaired) electrons. The van der Waals surface area contributed by atoms with Crippen LogP contribution in [0.2, 0.25) is 0 Å². The highest BCUT2D eigenvalue weighted by Crippen LogP contribution is 2.21. The van der Waals surface area contributed by atoms with Crippen molar-refractivity contribution >= 4 is 5.69 Å². The van der Waals surface area contributed by atoms with Crippen LogP contribution < -0.4 is 10.5 Å². The van der Waals surface area contributed by atoms with E-state index < -0.39 is 0 Å². The standard InChI is InChI=1S/C15H24N2O/c1-12-6-7-13(2)17(11-12)8-9-18-15-5-3-4-14(16)10-15/h3-5,10,12-13H,6-9,11,16H2,1-2H3. The molecule has 1 aromatic rings. The fraction of sp³-hybridized carbons (Fsp3) is 0.600. The minimum atomic E-state index is 0.686. The average Bonchev–Trinajstić information content (AvgIpc) is 2.34. The van der Waals surface area contributed by atoms with E-state index >= 15 is 0 Å². The van der Waals surface area contributed by atoms with Crippen molar-refractivity contribution in [3.8, 4) is 5.75 Å². The molecule has 0 bridgehead atoms. The van der Waals surface area contributed by atoms with E-state index in [-0.39, 0.29) is 0 Å². The summed E-state index contributed by atoms with van der Waals surface area (Å²) in [4.78, 5) is 2.53. The van der Waals surface area contributed by atoms with Gasteiger partial charge in [-0.15, -0.1) is 0 Å². The first-order valence-electron chi connectivity index (χ1n) is 6.87. The number of rotatable bonds is 4. The molecule has 3 nitrogen and oxygen atoms in total. The number of nitrogens with two attached hydrogens (primary N) is 1. The van der Waals surface area contributed by atoms with Crippen molar-refractivity contribution < 1.29 is 4.74 Å². The summed E-state index contributed by atoms with van der Waals surface area (Å²) in [5.74, 6) is 1.68. The second kappa shape index (κ2) is 6.10. The number of ether oxygens (including phenoxy) is 1. The first kappa shape index (κ1) is 13.2. The van der Waals surface area contributed by atoms with Gasteiger partial charge >= 0.3 is 0 Å². The Labute approximate surface area is 110 Å². The van der Waals surface area contributed by atoms with Gasteiger partial charge in [0.1, 0.15) is 12.4 Å². The van der Waals surface area contributed by atoms with Crippen LogP contribution in [0.25, 0.3) is 0 Å². The summed E-state index contributed by atoms with van der Waals surface area (Å²) < 4.78 is 5.75. The Balaban J connectivity index is 1.77. The number of hydrogen-bond donors (Lipinski definition) is 1. The SMILES string of the molecule is CC1CCC(C)N(CCOc2cccc(N)c2)C1. The van der Waals surface area contributed by atoms with E-state index in [4.69, 9.17) is 10.5 Å². The lowest BCUT2D eigenvalue weighted by Crippen LogP contribution is -2.43. The Hall–Kier alpha value is -1.22. The van der Waals surface area contributed by atoms with Crippen molar-refractivity contribution in [1.29, 1.82) is 0 Å². The van der Waals surface area contributed by atoms with Crippen LogP contribution in [-0.2, 0) is 0 Å². The number of nitrogen functional groups attached to an aromatic ring is 1. The van der Waals surface area contributed by atoms with Crippen molar-refractivity contribution in [2.45, 2.75) is 32.7 Å². The predicted octanol–water partition coefficient (Wildman–Crippen LogP) is 2.77. The summed E-state index contributed by atoms with van der Waals surface area (Å²) in [6.45, 7) is 7.58. The Morgan fingerprint density at radius 2 is 2.17 bits per heavy atom. The van der Waals surface area contributed by atoms with E-state index in [0.717, 1.165) is 30.5 Å². The molecule has 2 N–H and O–H groups in total. The summed E-state index contributed by atoms with van der Waals surface area (Å²) >= 11 is 0. The Morgan fingerprint density at radius 1 is 1.33 bits per heavy atom. The van der Waals surface area contributed by atoms with Gasteiger partial charge in [-0.25, -0.2) is 0 Å². The lowest BCUT2D eigenvalue weighted by Gasteiger charge is -2.36. The maximum absolute atomic E-state index is 5.75. The van der Waals surface area contributed by atoms with Crippen LogP contribution in [0.1, 0.15) is 26.7 Å². The van der Waals surface area contributed by atoms with Crippen LogP contribution >= 0.6 is 0 Å². The van der Waals surface area contributed by atoms with E-state index in [1.807, 2.05) is 24.3 Å². The molecule has 0 saturated carbocycles. The van der Waals surface area contributed by atoms with Crippen molar-refractivity contribution in [2.75, 3.05) is 25.4 Å². The summed E-state index contributed by atoms with van der Waals surface area (Å²) in [5.41, 5.74) is 6.48. The zero-order valence-corrected chi connectivity index (χ0v) is 11.4. The molecule has 0 aliphatic carbocycles. The van der Waals surface area contributed by atoms with Crippen LogP contribution in [0.3, 0.4) is 0 Å². The summed E-state index contributed by atoms with van der Waals surface area (Å²) in [6, 6.07) is 8.32. The molecule has 0 spiro atoms. The normalized spacial score (nSPS) is 25.0. The van der Waals surface area contributed by atoms with Gasteiger partial charge in [-0.3, -0.25) is 4.90 Å². The molecule has 1 aromatic carbocycles. The molecule has 2 atom stereocenters. The molecule has 1 aliphatic rings. The van der Waals surface area contributed by atoms with Gasteiger partial charge in [0, 0.05) is 30.9 Å². The number of hydrogen-bond acceptors (Lipinski definition) is 3. The predicted molar refractivity (Wildman–Crippen MR) is 75.8 cm³/mol. The Bertz CT molecular complexity index is 381. The number of piperidine rings is 1. The highest BCUT2D eigenvalue weighted by molar-refractivity contribution is 5.43. The maximum Gasteiger partial charge on any atom is 0.121 e. The molecule has 1 aliphatic heterocycles. The fourth-order valence-electron chi connectivity index (χ4n) is 2.58. The molecule has 2 unspecified atom stereocenters. The van der Waals surface area contributed by atoms with Gasteiger partial charge in [0.05, 0.1) is 0 Å². The van der Waals surface area contributed by atoms with Gasteiger partial charge in [-0.2, -0.15) is 0 Å². The third kappa shape index (κ3) is 3.64. The second-order valence-corrected chi connectivity index (χ2v) is 5.45. The zero-order valence-electron chi connectivity index (χ0n) is 11.4. The molecule has 3 heteroatoms. The molecule has 1 fully saturated rings. The summed E-state index contributed by atoms with van der Waals surface area (Å²) in [7, 11) is 0. The molecular weight excluding hydrogens is 224 g/mol. The smallest absolute Gasteiger partial charge is 0.121 e. The number of benzene rings is 1. The van der Waals surface area contributed by atoms with Gasteiger partial charge in [-0.1, -0.05) is 13.0 Å². The van der Waals surface area contributed by atoms with E-state index in [1.54, 1.807) is 0 Å². The lowest BCUT2D eigenvalue weighted by atomic mass is 9.95. The molecule has 0 aromatic heterocycles. The maximum atomic E-state index is 5.75. The van der Waals surface area contributed by atoms with Crippen LogP contribution in [-0.4, -0.2) is 30.6 Å². The van der Waals surface area contributed by atoms with Crippen molar-refractivity contribution in [3.05, 3.63) is 24.3 Å². The van der Waals surface area contributed by atoms with E-state index in [1.165, 1.54) is 19.4 Å². The van der Waals surface area contributed by atoms with Gasteiger partial charge < -0.3 is 10.5 Å². The van der Waals surface area contributed by atoms with Crippen molar-refractivity contribution in [3.63, 3.8) is 0 Å². The van der Waals surface area contributed by atoms with Gasteiger partial charge in [0.25, 0.3) is 0 Å². The minimum Gasteiger partial charge on any atom is -0.492 e. The highest BCUT2D eigenvalue weighted by atomic mass is 16.5. The Morgan fingerprint density at radius 3 is 2.94 bits per heavy atom. The van der Waals surface area contributed by atoms with Crippen molar-refractivity contribution in [2.24, 2.45) is 5.92 Å². The van der Waals surface area contributed by atoms with E-state index in [2.05, 4.69) is 18.7 Å². The quantitative estimate of drug-likeness (QED) is 0.833. The molecule has 1 heterocycles. The van der Waals surface area contributed by atoms with Crippen LogP contribution in [0.4, 0.5) is 5.69 Å². The third-order valence-electron chi connectivity index (χ3n) is 3.75. The first-order valence-corrected chi connectivity index (χ1v) is 6.87. The highest BCUT2D eigenvalue weighted by Gasteiger charge is 2.22. The zero-order chi connectivity index (χ0) is 13.0. The van der Waals surface area contributed by atoms with E-state index in [0.29, 0.717) is 6.04 Å². The topological polar surface area (TPSA) is 38.5 Å². The number of anilines is 1. The van der Waals surface area contributed by atoms with Gasteiger partial charge in [0.15, 0.2) is 0 Å². The average molecular weight is 248 g/mol. The van der Waals surface area contributed by atoms with E-state index in [9.17, 15) is 0 Å². The number of nitrogens with zero attached hydrogens (tertiary/aromatic N) is 1. The number of likely N-dealkylation sites (tertiary alicyclic amines) is 1. The third-order valence-corrected chi connectivity index (χ3v) is 3.75. The summed E-state index contributed by atoms with van der Waals surface area (Å²) in [5, 5.41) is 0. The Kier molecular flexibility index (Phi) is 4.48. The first-order chi connectivity index (χ1) is 8.65. The molecule has 2 rings (SSSR count). The second-order valence-electron chi connectivity index (χ2n) is 5.45. The van der Waals surface area contributed by atoms with Crippen molar-refractivity contribution in [1.82, 2.24) is 4.90 Å². The molecular formula is C15H24N2O. The van der Waals surface area contributed by atoms with Gasteiger partial charge in [0.2, 0.25) is 0 Å². The largest absolute Gasteiger partial charge is 0.492 e. The molecule has 1 saturated heterocycles.